The van der Waals surface area contributed by atoms with Crippen LogP contribution in [0.15, 0.2) is 24.3 Å². The van der Waals surface area contributed by atoms with E-state index < -0.39 is 0 Å². The Balaban J connectivity index is 1.50. The smallest absolute Gasteiger partial charge is 0.223 e. The zero-order valence-electron chi connectivity index (χ0n) is 13.1. The van der Waals surface area contributed by atoms with Crippen LogP contribution in [-0.2, 0) is 4.79 Å². The quantitative estimate of drug-likeness (QED) is 0.878. The maximum atomic E-state index is 12.4. The number of hydrogen-bond donors (Lipinski definition) is 2. The summed E-state index contributed by atoms with van der Waals surface area (Å²) in [6.07, 6.45) is 4.96. The molecule has 0 heterocycles. The van der Waals surface area contributed by atoms with Gasteiger partial charge in [-0.25, -0.2) is 0 Å². The summed E-state index contributed by atoms with van der Waals surface area (Å²) < 4.78 is 5.25. The highest BCUT2D eigenvalue weighted by Crippen LogP contribution is 2.48. The number of carbonyl (C=O) groups is 1. The lowest BCUT2D eigenvalue weighted by Crippen LogP contribution is -2.39. The van der Waals surface area contributed by atoms with E-state index in [9.17, 15) is 4.79 Å². The molecule has 1 amide bonds. The van der Waals surface area contributed by atoms with E-state index in [-0.39, 0.29) is 18.4 Å². The van der Waals surface area contributed by atoms with Crippen molar-refractivity contribution in [3.63, 3.8) is 0 Å². The number of ether oxygens (including phenoxy) is 1. The van der Waals surface area contributed by atoms with Crippen molar-refractivity contribution < 1.29 is 14.6 Å². The fourth-order valence-electron chi connectivity index (χ4n) is 3.52. The van der Waals surface area contributed by atoms with Crippen LogP contribution in [0.1, 0.15) is 43.6 Å². The molecule has 0 spiro atoms. The molecule has 22 heavy (non-hydrogen) atoms. The Morgan fingerprint density at radius 1 is 1.32 bits per heavy atom. The number of carbonyl (C=O) groups excluding carboxylic acids is 1. The van der Waals surface area contributed by atoms with Gasteiger partial charge < -0.3 is 15.2 Å². The van der Waals surface area contributed by atoms with Crippen LogP contribution >= 0.6 is 0 Å². The van der Waals surface area contributed by atoms with E-state index in [0.29, 0.717) is 17.9 Å². The van der Waals surface area contributed by atoms with Crippen molar-refractivity contribution in [2.45, 2.75) is 44.1 Å². The van der Waals surface area contributed by atoms with Gasteiger partial charge in [0.05, 0.1) is 7.11 Å². The number of hydrogen-bond acceptors (Lipinski definition) is 3. The molecule has 1 aromatic carbocycles. The van der Waals surface area contributed by atoms with Crippen molar-refractivity contribution in [2.24, 2.45) is 11.8 Å². The molecule has 2 aliphatic carbocycles. The van der Waals surface area contributed by atoms with Crippen LogP contribution < -0.4 is 10.1 Å². The molecule has 120 valence electrons. The van der Waals surface area contributed by atoms with Gasteiger partial charge in [0.25, 0.3) is 0 Å². The standard InChI is InChI=1S/C18H25NO3/c1-22-15-4-2-3-13(9-15)16-10-17(16)18(21)19-14-7-5-12(11-20)6-8-14/h2-4,9,12,14,16-17,20H,5-8,10-11H2,1H3,(H,19,21). The molecule has 1 aromatic rings. The summed E-state index contributed by atoms with van der Waals surface area (Å²) in [7, 11) is 1.67. The number of amides is 1. The predicted octanol–water partition coefficient (Wildman–Crippen LogP) is 2.47. The van der Waals surface area contributed by atoms with Gasteiger partial charge in [-0.3, -0.25) is 4.79 Å². The molecule has 0 aromatic heterocycles. The fraction of sp³-hybridized carbons (Fsp3) is 0.611. The molecule has 2 unspecified atom stereocenters. The number of benzene rings is 1. The largest absolute Gasteiger partial charge is 0.497 e. The van der Waals surface area contributed by atoms with Crippen LogP contribution in [0.3, 0.4) is 0 Å². The van der Waals surface area contributed by atoms with Gasteiger partial charge in [0.15, 0.2) is 0 Å². The molecule has 2 N–H and O–H groups in total. The molecule has 4 heteroatoms. The first kappa shape index (κ1) is 15.3. The summed E-state index contributed by atoms with van der Waals surface area (Å²) in [5.41, 5.74) is 1.20. The summed E-state index contributed by atoms with van der Waals surface area (Å²) in [6.45, 7) is 0.279. The van der Waals surface area contributed by atoms with Crippen LogP contribution in [0.2, 0.25) is 0 Å². The Hall–Kier alpha value is -1.55. The Morgan fingerprint density at radius 3 is 2.77 bits per heavy atom. The van der Waals surface area contributed by atoms with Crippen molar-refractivity contribution in [1.82, 2.24) is 5.32 Å². The zero-order valence-corrected chi connectivity index (χ0v) is 13.1. The second-order valence-electron chi connectivity index (χ2n) is 6.63. The average molecular weight is 303 g/mol. The van der Waals surface area contributed by atoms with Crippen molar-refractivity contribution in [2.75, 3.05) is 13.7 Å². The molecule has 4 nitrogen and oxygen atoms in total. The molecular weight excluding hydrogens is 278 g/mol. The minimum absolute atomic E-state index is 0.114. The van der Waals surface area contributed by atoms with Crippen molar-refractivity contribution >= 4 is 5.91 Å². The van der Waals surface area contributed by atoms with Crippen molar-refractivity contribution in [1.29, 1.82) is 0 Å². The van der Waals surface area contributed by atoms with E-state index in [1.54, 1.807) is 7.11 Å². The molecule has 2 atom stereocenters. The van der Waals surface area contributed by atoms with Gasteiger partial charge in [-0.05, 0) is 61.6 Å². The zero-order chi connectivity index (χ0) is 15.5. The Labute approximate surface area is 131 Å². The molecule has 0 saturated heterocycles. The molecule has 0 radical (unpaired) electrons. The summed E-state index contributed by atoms with van der Waals surface area (Å²) in [4.78, 5) is 12.4. The fourth-order valence-corrected chi connectivity index (χ4v) is 3.52. The highest BCUT2D eigenvalue weighted by molar-refractivity contribution is 5.83. The first-order valence-corrected chi connectivity index (χ1v) is 8.26. The van der Waals surface area contributed by atoms with E-state index in [0.717, 1.165) is 37.9 Å². The van der Waals surface area contributed by atoms with Gasteiger partial charge in [-0.2, -0.15) is 0 Å². The predicted molar refractivity (Wildman–Crippen MR) is 84.8 cm³/mol. The molecular formula is C18H25NO3. The summed E-state index contributed by atoms with van der Waals surface area (Å²) in [5.74, 6) is 1.93. The number of methoxy groups -OCH3 is 1. The van der Waals surface area contributed by atoms with E-state index >= 15 is 0 Å². The van der Waals surface area contributed by atoms with Gasteiger partial charge >= 0.3 is 0 Å². The third-order valence-electron chi connectivity index (χ3n) is 5.10. The minimum atomic E-state index is 0.114. The molecule has 0 aliphatic heterocycles. The maximum absolute atomic E-state index is 12.4. The second kappa shape index (κ2) is 6.69. The van der Waals surface area contributed by atoms with E-state index in [1.807, 2.05) is 18.2 Å². The molecule has 2 fully saturated rings. The third kappa shape index (κ3) is 3.43. The van der Waals surface area contributed by atoms with Gasteiger partial charge in [-0.15, -0.1) is 0 Å². The lowest BCUT2D eigenvalue weighted by Gasteiger charge is -2.28. The molecule has 2 saturated carbocycles. The van der Waals surface area contributed by atoms with Crippen molar-refractivity contribution in [3.05, 3.63) is 29.8 Å². The third-order valence-corrected chi connectivity index (χ3v) is 5.10. The van der Waals surface area contributed by atoms with Gasteiger partial charge in [0.1, 0.15) is 5.75 Å². The highest BCUT2D eigenvalue weighted by Gasteiger charge is 2.44. The Bertz CT molecular complexity index is 523. The second-order valence-corrected chi connectivity index (χ2v) is 6.63. The normalized spacial score (nSPS) is 30.6. The molecule has 0 bridgehead atoms. The first-order chi connectivity index (χ1) is 10.7. The average Bonchev–Trinajstić information content (AvgIpc) is 3.36. The maximum Gasteiger partial charge on any atom is 0.223 e. The van der Waals surface area contributed by atoms with Gasteiger partial charge in [0.2, 0.25) is 5.91 Å². The number of nitrogens with one attached hydrogen (secondary N) is 1. The van der Waals surface area contributed by atoms with Crippen LogP contribution in [0.5, 0.6) is 5.75 Å². The summed E-state index contributed by atoms with van der Waals surface area (Å²) in [5, 5.41) is 12.4. The topological polar surface area (TPSA) is 58.6 Å². The monoisotopic (exact) mass is 303 g/mol. The highest BCUT2D eigenvalue weighted by atomic mass is 16.5. The Morgan fingerprint density at radius 2 is 2.09 bits per heavy atom. The minimum Gasteiger partial charge on any atom is -0.497 e. The molecule has 3 rings (SSSR count). The number of aliphatic hydroxyl groups is 1. The number of rotatable bonds is 5. The molecule has 2 aliphatic rings. The van der Waals surface area contributed by atoms with Crippen molar-refractivity contribution in [3.8, 4) is 5.75 Å². The van der Waals surface area contributed by atoms with Crippen LogP contribution in [0.4, 0.5) is 0 Å². The van der Waals surface area contributed by atoms with Crippen LogP contribution in [0.25, 0.3) is 0 Å². The van der Waals surface area contributed by atoms with Crippen LogP contribution in [-0.4, -0.2) is 30.8 Å². The summed E-state index contributed by atoms with van der Waals surface area (Å²) >= 11 is 0. The van der Waals surface area contributed by atoms with Crippen LogP contribution in [0, 0.1) is 11.8 Å². The van der Waals surface area contributed by atoms with Gasteiger partial charge in [0, 0.05) is 18.6 Å². The lowest BCUT2D eigenvalue weighted by molar-refractivity contribution is -0.123. The number of aliphatic hydroxyl groups excluding tert-OH is 1. The van der Waals surface area contributed by atoms with E-state index in [1.165, 1.54) is 5.56 Å². The SMILES string of the molecule is COc1cccc(C2CC2C(=O)NC2CCC(CO)CC2)c1. The first-order valence-electron chi connectivity index (χ1n) is 8.26. The lowest BCUT2D eigenvalue weighted by atomic mass is 9.86. The van der Waals surface area contributed by atoms with E-state index in [4.69, 9.17) is 9.84 Å². The van der Waals surface area contributed by atoms with E-state index in [2.05, 4.69) is 11.4 Å². The summed E-state index contributed by atoms with van der Waals surface area (Å²) in [6, 6.07) is 8.32. The van der Waals surface area contributed by atoms with Gasteiger partial charge in [-0.1, -0.05) is 12.1 Å². The Kier molecular flexibility index (Phi) is 4.67.